The Morgan fingerprint density at radius 2 is 0.768 bits per heavy atom. The zero-order valence-electron chi connectivity index (χ0n) is 54.3. The summed E-state index contributed by atoms with van der Waals surface area (Å²) >= 11 is 17.1. The second-order valence-corrected chi connectivity index (χ2v) is 30.6. The number of halogens is 6. The number of rotatable bonds is 2. The van der Waals surface area contributed by atoms with Gasteiger partial charge in [-0.05, 0) is 277 Å². The molecule has 2 amide bonds. The Morgan fingerprint density at radius 3 is 1.18 bits per heavy atom. The van der Waals surface area contributed by atoms with E-state index in [0.29, 0.717) is 12.0 Å². The van der Waals surface area contributed by atoms with Crippen LogP contribution in [0.3, 0.4) is 0 Å². The van der Waals surface area contributed by atoms with Crippen molar-refractivity contribution >= 4 is 116 Å². The summed E-state index contributed by atoms with van der Waals surface area (Å²) in [6.07, 6.45) is 12.9. The number of benzene rings is 7. The summed E-state index contributed by atoms with van der Waals surface area (Å²) in [6, 6.07) is 47.2. The number of Topliss-reactive ketones (excluding diaryl/α,β-unsaturated/α-hetero) is 1. The first-order valence-electron chi connectivity index (χ1n) is 31.7. The minimum atomic E-state index is -0.490. The molecule has 0 aliphatic heterocycles. The number of aryl methyl sites for hydroxylation is 7. The van der Waals surface area contributed by atoms with Crippen LogP contribution in [0.2, 0.25) is 0 Å². The first-order valence-corrected chi connectivity index (χ1v) is 35.6. The molecule has 0 bridgehead atoms. The predicted octanol–water partition coefficient (Wildman–Crippen LogP) is 18.9. The van der Waals surface area contributed by atoms with Crippen LogP contribution in [-0.4, -0.2) is 40.1 Å². The third-order valence-electron chi connectivity index (χ3n) is 16.9. The average molecular weight is 1630 g/mol. The quantitative estimate of drug-likeness (QED) is 0.0701. The Labute approximate surface area is 607 Å². The first kappa shape index (κ1) is 76.1. The van der Waals surface area contributed by atoms with Gasteiger partial charge in [-0.2, -0.15) is 10.5 Å². The maximum atomic E-state index is 11.8. The van der Waals surface area contributed by atoms with Crippen LogP contribution in [0.5, 0.6) is 0 Å². The van der Waals surface area contributed by atoms with Crippen molar-refractivity contribution in [2.75, 3.05) is 0 Å². The highest BCUT2D eigenvalue weighted by molar-refractivity contribution is 9.11. The smallest absolute Gasteiger partial charge is 0.408 e. The number of carbonyl (C=O) groups is 3. The summed E-state index contributed by atoms with van der Waals surface area (Å²) in [6.45, 7) is 11.1. The van der Waals surface area contributed by atoms with E-state index in [2.05, 4.69) is 162 Å². The number of oxime groups is 1. The van der Waals surface area contributed by atoms with E-state index in [1.807, 2.05) is 108 Å². The Hall–Kier alpha value is -6.23. The molecule has 0 fully saturated rings. The van der Waals surface area contributed by atoms with Crippen LogP contribution >= 0.6 is 92.1 Å². The molecular weight excluding hydrogens is 1540 g/mol. The number of hydrogen-bond acceptors (Lipinski definition) is 12. The number of ketones is 1. The molecule has 9 N–H and O–H groups in total. The predicted molar refractivity (Wildman–Crippen MR) is 396 cm³/mol. The van der Waals surface area contributed by atoms with E-state index >= 15 is 0 Å². The molecule has 7 aliphatic rings. The topological polar surface area (TPSA) is 252 Å². The van der Waals surface area contributed by atoms with Gasteiger partial charge in [-0.15, -0.1) is 12.4 Å². The van der Waals surface area contributed by atoms with Gasteiger partial charge in [0.2, 0.25) is 0 Å². The Bertz CT molecular complexity index is 3970. The van der Waals surface area contributed by atoms with Crippen LogP contribution in [0.25, 0.3) is 0 Å². The van der Waals surface area contributed by atoms with E-state index in [4.69, 9.17) is 42.4 Å². The van der Waals surface area contributed by atoms with Gasteiger partial charge in [0.1, 0.15) is 11.2 Å². The Morgan fingerprint density at radius 1 is 0.453 bits per heavy atom. The summed E-state index contributed by atoms with van der Waals surface area (Å²) in [7, 11) is 0. The number of fused-ring (bicyclic) bond motifs is 7. The summed E-state index contributed by atoms with van der Waals surface area (Å²) in [5, 5.41) is 35.3. The fraction of sp³-hybridized carbons (Fsp3) is 0.360. The van der Waals surface area contributed by atoms with Gasteiger partial charge in [0, 0.05) is 58.0 Å². The molecule has 500 valence electrons. The highest BCUT2D eigenvalue weighted by Gasteiger charge is 2.29. The van der Waals surface area contributed by atoms with Gasteiger partial charge in [0.15, 0.2) is 5.78 Å². The molecule has 0 aromatic heterocycles. The van der Waals surface area contributed by atoms with Crippen LogP contribution in [0.4, 0.5) is 9.59 Å². The molecule has 0 saturated heterocycles. The fourth-order valence-corrected chi connectivity index (χ4v) is 14.4. The number of nitrogens with two attached hydrogens (primary N) is 3. The van der Waals surface area contributed by atoms with Crippen molar-refractivity contribution in [3.05, 3.63) is 239 Å². The maximum Gasteiger partial charge on any atom is 0.408 e. The largest absolute Gasteiger partial charge is 0.444 e. The lowest BCUT2D eigenvalue weighted by atomic mass is 10.1. The van der Waals surface area contributed by atoms with Crippen molar-refractivity contribution in [1.29, 1.82) is 10.5 Å². The highest BCUT2D eigenvalue weighted by Crippen LogP contribution is 2.36. The molecular formula is C75H82Br5ClN8O6. The standard InChI is InChI=1S/C15H18N2O2.C14H18BrNO2.C10H10N2.C9H8BrNO.2C9H10BrN.C9H7BrO.ClH/c1-15(2,3)19-14(18)17-13-7-5-11-8-10(9-16)4-6-12(11)13;1-14(2,3)18-13(17)16-12-7-4-9-8-10(15)5-6-11(9)12;11-6-7-1-3-9-8(5-7)2-4-10(9)12;10-7-2-3-8-6(5-7)1-4-9(8)11-12;3*10-7-2-3-8-6(5-7)1-4-9(8)11;/h4,6,8,13H,5,7H2,1-3H3,(H,17,18);5-6,8,12H,4,7H2,1-3H3,(H,16,17);1,3,5,10H,2,4,12H2;2-3,5,12H,1,4H2;2*2-3,5,9H,1,4,11H2;2-3,5H,1,4H2;1H/b;;;11-9+;;;;/t13-;12-;10-;;9-;;;/m000.0.../s1. The first-order chi connectivity index (χ1) is 44.7. The molecule has 7 aliphatic carbocycles. The molecule has 0 heterocycles. The molecule has 20 heteroatoms. The maximum absolute atomic E-state index is 11.8. The van der Waals surface area contributed by atoms with Crippen LogP contribution in [0.1, 0.15) is 211 Å². The van der Waals surface area contributed by atoms with Crippen molar-refractivity contribution in [1.82, 2.24) is 10.6 Å². The van der Waals surface area contributed by atoms with Crippen LogP contribution in [0.15, 0.2) is 155 Å². The second kappa shape index (κ2) is 34.8. The lowest BCUT2D eigenvalue weighted by Crippen LogP contribution is -2.34. The van der Waals surface area contributed by atoms with E-state index in [1.54, 1.807) is 6.07 Å². The lowest BCUT2D eigenvalue weighted by molar-refractivity contribution is 0.0492. The SMILES string of the molecule is CC(C)(C)OC(=O)N[C@H]1CCc2cc(Br)ccc21.CC(C)(C)OC(=O)N[C@H]1CCc2cc(C#N)ccc21.Cl.N#Cc1ccc2c(c1)CC[C@@H]2N.NC1CCc2cc(Br)ccc21.N[C@H]1CCc2cc(Br)ccc21.O/N=C1\CCc2cc(Br)ccc21.O=C1CCc2cc(Br)ccc21. The minimum Gasteiger partial charge on any atom is -0.444 e. The van der Waals surface area contributed by atoms with Crippen LogP contribution in [-0.2, 0) is 54.4 Å². The fourth-order valence-electron chi connectivity index (χ4n) is 12.4. The number of amides is 2. The van der Waals surface area contributed by atoms with Crippen molar-refractivity contribution in [3.8, 4) is 12.1 Å². The number of hydrogen-bond donors (Lipinski definition) is 6. The molecule has 14 rings (SSSR count). The molecule has 0 saturated carbocycles. The molecule has 1 unspecified atom stereocenters. The van der Waals surface area contributed by atoms with E-state index in [9.17, 15) is 14.4 Å². The molecule has 14 nitrogen and oxygen atoms in total. The zero-order chi connectivity index (χ0) is 68.0. The highest BCUT2D eigenvalue weighted by atomic mass is 79.9. The molecule has 95 heavy (non-hydrogen) atoms. The summed E-state index contributed by atoms with van der Waals surface area (Å²) in [5.74, 6) is 0.285. The van der Waals surface area contributed by atoms with Gasteiger partial charge in [-0.3, -0.25) is 4.79 Å². The van der Waals surface area contributed by atoms with Crippen LogP contribution < -0.4 is 27.8 Å². The van der Waals surface area contributed by atoms with Gasteiger partial charge < -0.3 is 42.5 Å². The number of nitrogens with one attached hydrogen (secondary N) is 2. The molecule has 7 aromatic rings. The molecule has 5 atom stereocenters. The molecule has 7 aromatic carbocycles. The normalized spacial score (nSPS) is 18.6. The summed E-state index contributed by atoms with van der Waals surface area (Å²) in [4.78, 5) is 34.7. The van der Waals surface area contributed by atoms with Gasteiger partial charge in [0.05, 0.1) is 41.1 Å². The lowest BCUT2D eigenvalue weighted by Gasteiger charge is -2.22. The van der Waals surface area contributed by atoms with E-state index in [0.717, 1.165) is 139 Å². The van der Waals surface area contributed by atoms with Gasteiger partial charge in [-0.1, -0.05) is 127 Å². The van der Waals surface area contributed by atoms with Gasteiger partial charge >= 0.3 is 12.2 Å². The third-order valence-corrected chi connectivity index (χ3v) is 19.4. The Kier molecular flexibility index (Phi) is 27.9. The third kappa shape index (κ3) is 21.9. The van der Waals surface area contributed by atoms with Crippen molar-refractivity contribution in [2.24, 2.45) is 22.4 Å². The average Bonchev–Trinajstić information content (AvgIpc) is 1.78. The second-order valence-electron chi connectivity index (χ2n) is 26.1. The van der Waals surface area contributed by atoms with E-state index < -0.39 is 17.3 Å². The minimum absolute atomic E-state index is 0. The monoisotopic (exact) mass is 1620 g/mol. The summed E-state index contributed by atoms with van der Waals surface area (Å²) < 4.78 is 16.1. The van der Waals surface area contributed by atoms with Crippen molar-refractivity contribution in [3.63, 3.8) is 0 Å². The van der Waals surface area contributed by atoms with E-state index in [1.165, 1.54) is 55.6 Å². The number of ether oxygens (including phenoxy) is 2. The van der Waals surface area contributed by atoms with Crippen molar-refractivity contribution < 1.29 is 29.1 Å². The number of carbonyl (C=O) groups excluding carboxylic acids is 3. The number of nitriles is 2. The summed E-state index contributed by atoms with van der Waals surface area (Å²) in [5.41, 5.74) is 36.0. The van der Waals surface area contributed by atoms with Gasteiger partial charge in [-0.25, -0.2) is 9.59 Å². The Balaban J connectivity index is 0.000000158. The van der Waals surface area contributed by atoms with E-state index in [-0.39, 0.29) is 54.5 Å². The number of alkyl carbamates (subject to hydrolysis) is 2. The molecule has 0 radical (unpaired) electrons. The van der Waals surface area contributed by atoms with Crippen molar-refractivity contribution in [2.45, 2.75) is 173 Å². The van der Waals surface area contributed by atoms with Gasteiger partial charge in [0.25, 0.3) is 0 Å². The number of nitrogens with zero attached hydrogens (tertiary/aromatic N) is 3. The zero-order valence-corrected chi connectivity index (χ0v) is 63.0. The van der Waals surface area contributed by atoms with Crippen LogP contribution in [0, 0.1) is 22.7 Å². The molecule has 0 spiro atoms.